The summed E-state index contributed by atoms with van der Waals surface area (Å²) < 4.78 is 51.2. The fraction of sp³-hybridized carbons (Fsp3) is 0.310. The fourth-order valence-corrected chi connectivity index (χ4v) is 4.61. The molecule has 0 saturated carbocycles. The van der Waals surface area contributed by atoms with E-state index >= 15 is 0 Å². The summed E-state index contributed by atoms with van der Waals surface area (Å²) >= 11 is 6.27. The summed E-state index contributed by atoms with van der Waals surface area (Å²) in [5.74, 6) is -4.42. The number of para-hydroxylation sites is 1. The van der Waals surface area contributed by atoms with Gasteiger partial charge in [-0.05, 0) is 41.7 Å². The lowest BCUT2D eigenvalue weighted by atomic mass is 9.79. The monoisotopic (exact) mass is 683 g/mol. The van der Waals surface area contributed by atoms with E-state index in [9.17, 15) is 31.9 Å². The quantitative estimate of drug-likeness (QED) is 0.185. The van der Waals surface area contributed by atoms with Crippen molar-refractivity contribution in [3.63, 3.8) is 0 Å². The smallest absolute Gasteiger partial charge is 0.475 e. The number of methoxy groups -OCH3 is 1. The minimum atomic E-state index is -5.08. The summed E-state index contributed by atoms with van der Waals surface area (Å²) in [4.78, 5) is 54.7. The Bertz CT molecular complexity index is 1670. The van der Waals surface area contributed by atoms with Gasteiger partial charge in [0.1, 0.15) is 23.5 Å². The number of nitrogens with one attached hydrogen (secondary N) is 5. The number of amides is 3. The fourth-order valence-electron chi connectivity index (χ4n) is 4.47. The molecule has 1 aliphatic heterocycles. The minimum absolute atomic E-state index is 0.0764. The Morgan fingerprint density at radius 3 is 2.47 bits per heavy atom. The van der Waals surface area contributed by atoms with E-state index in [2.05, 4.69) is 36.6 Å². The van der Waals surface area contributed by atoms with Crippen LogP contribution in [0.15, 0.2) is 42.6 Å². The number of aliphatic carboxylic acids is 1. The third kappa shape index (κ3) is 9.49. The van der Waals surface area contributed by atoms with Crippen molar-refractivity contribution in [1.82, 2.24) is 20.6 Å². The molecule has 1 aliphatic rings. The molecule has 1 unspecified atom stereocenters. The van der Waals surface area contributed by atoms with E-state index in [4.69, 9.17) is 26.2 Å². The van der Waals surface area contributed by atoms with Crippen LogP contribution >= 0.6 is 11.6 Å². The summed E-state index contributed by atoms with van der Waals surface area (Å²) in [5, 5.41) is 21.2. The second-order valence-electron chi connectivity index (χ2n) is 10.6. The maximum Gasteiger partial charge on any atom is 0.490 e. The normalized spacial score (nSPS) is 15.1. The minimum Gasteiger partial charge on any atom is -0.475 e. The molecule has 1 aromatic heterocycles. The number of rotatable bonds is 8. The van der Waals surface area contributed by atoms with Gasteiger partial charge in [0, 0.05) is 25.5 Å². The highest BCUT2D eigenvalue weighted by molar-refractivity contribution is 6.33. The van der Waals surface area contributed by atoms with Crippen molar-refractivity contribution >= 4 is 64.1 Å². The van der Waals surface area contributed by atoms with Crippen molar-refractivity contribution in [2.24, 2.45) is 0 Å². The third-order valence-corrected chi connectivity index (χ3v) is 6.90. The molecule has 6 N–H and O–H groups in total. The van der Waals surface area contributed by atoms with Crippen LogP contribution in [0.4, 0.5) is 46.4 Å². The Morgan fingerprint density at radius 1 is 1.17 bits per heavy atom. The summed E-state index contributed by atoms with van der Waals surface area (Å²) in [6.07, 6.45) is -3.36. The molecule has 0 radical (unpaired) electrons. The lowest BCUT2D eigenvalue weighted by Crippen LogP contribution is -2.46. The highest BCUT2D eigenvalue weighted by Gasteiger charge is 2.38. The van der Waals surface area contributed by atoms with Gasteiger partial charge in [-0.25, -0.2) is 14.2 Å². The van der Waals surface area contributed by atoms with Crippen LogP contribution in [0, 0.1) is 5.82 Å². The first-order valence-corrected chi connectivity index (χ1v) is 14.0. The van der Waals surface area contributed by atoms with Crippen molar-refractivity contribution < 1.29 is 46.6 Å². The number of aromatic nitrogens is 2. The van der Waals surface area contributed by atoms with Crippen LogP contribution in [0.3, 0.4) is 0 Å². The molecule has 0 aliphatic carbocycles. The molecular formula is C29H30ClF4N7O6. The van der Waals surface area contributed by atoms with Crippen LogP contribution in [0.25, 0.3) is 0 Å². The summed E-state index contributed by atoms with van der Waals surface area (Å²) in [6, 6.07) is 8.78. The number of fused-ring (bicyclic) bond motifs is 1. The molecule has 0 bridgehead atoms. The van der Waals surface area contributed by atoms with Gasteiger partial charge in [0.25, 0.3) is 5.91 Å². The van der Waals surface area contributed by atoms with Crippen LogP contribution in [0.1, 0.15) is 36.2 Å². The van der Waals surface area contributed by atoms with Crippen molar-refractivity contribution in [3.05, 3.63) is 64.6 Å². The van der Waals surface area contributed by atoms with Crippen LogP contribution in [0.5, 0.6) is 0 Å². The predicted molar refractivity (Wildman–Crippen MR) is 164 cm³/mol. The first-order valence-electron chi connectivity index (χ1n) is 13.6. The van der Waals surface area contributed by atoms with E-state index < -0.39 is 35.3 Å². The molecule has 0 spiro atoms. The number of nitrogens with zero attached hydrogens (tertiary/aromatic N) is 2. The molecule has 4 rings (SSSR count). The highest BCUT2D eigenvalue weighted by Crippen LogP contribution is 2.38. The second kappa shape index (κ2) is 15.0. The van der Waals surface area contributed by atoms with E-state index in [1.54, 1.807) is 6.07 Å². The van der Waals surface area contributed by atoms with Crippen molar-refractivity contribution in [2.45, 2.75) is 37.9 Å². The van der Waals surface area contributed by atoms with Crippen molar-refractivity contribution in [3.8, 4) is 0 Å². The van der Waals surface area contributed by atoms with Crippen LogP contribution in [-0.2, 0) is 24.5 Å². The zero-order chi connectivity index (χ0) is 35.1. The van der Waals surface area contributed by atoms with Gasteiger partial charge in [-0.1, -0.05) is 37.6 Å². The van der Waals surface area contributed by atoms with Gasteiger partial charge < -0.3 is 36.4 Å². The Balaban J connectivity index is 0.000000771. The molecule has 1 atom stereocenters. The lowest BCUT2D eigenvalue weighted by molar-refractivity contribution is -0.192. The molecule has 13 nitrogen and oxygen atoms in total. The Morgan fingerprint density at radius 2 is 1.85 bits per heavy atom. The zero-order valence-corrected chi connectivity index (χ0v) is 26.1. The van der Waals surface area contributed by atoms with E-state index in [1.165, 1.54) is 38.6 Å². The summed E-state index contributed by atoms with van der Waals surface area (Å²) in [7, 11) is 2.85. The molecule has 18 heteroatoms. The van der Waals surface area contributed by atoms with Gasteiger partial charge in [0.05, 0.1) is 17.4 Å². The molecule has 47 heavy (non-hydrogen) atoms. The lowest BCUT2D eigenvalue weighted by Gasteiger charge is -2.27. The van der Waals surface area contributed by atoms with Gasteiger partial charge in [0.15, 0.2) is 5.82 Å². The second-order valence-corrected chi connectivity index (χ2v) is 11.0. The molecule has 252 valence electrons. The topological polar surface area (TPSA) is 184 Å². The number of carboxylic acids is 1. The van der Waals surface area contributed by atoms with Gasteiger partial charge >= 0.3 is 12.1 Å². The zero-order valence-electron chi connectivity index (χ0n) is 25.3. The van der Waals surface area contributed by atoms with Gasteiger partial charge in [-0.3, -0.25) is 14.4 Å². The maximum absolute atomic E-state index is 14.6. The number of carbonyl (C=O) groups is 4. The molecule has 2 heterocycles. The summed E-state index contributed by atoms with van der Waals surface area (Å²) in [5.41, 5.74) is 1.55. The SMILES string of the molecule is CNC(=O)c1cccc(F)c1Nc1nc(Nc2ccc3c(c2)NC(=O)C(NC(=O)COC)CC3(C)C)ncc1Cl.O=C(O)C(F)(F)F. The number of ether oxygens (including phenoxy) is 1. The molecular weight excluding hydrogens is 654 g/mol. The van der Waals surface area contributed by atoms with Gasteiger partial charge in [-0.15, -0.1) is 0 Å². The average Bonchev–Trinajstić information content (AvgIpc) is 3.07. The Labute approximate surface area is 270 Å². The highest BCUT2D eigenvalue weighted by atomic mass is 35.5. The number of halogens is 5. The Kier molecular flexibility index (Phi) is 11.7. The largest absolute Gasteiger partial charge is 0.490 e. The number of benzene rings is 2. The standard InChI is InChI=1S/C27H29ClFN7O4.C2HF3O2/c1-27(2)11-20(33-21(37)13-40-4)25(39)34-19-10-14(8-9-16(19)27)32-26-31-12-17(28)23(36-26)35-22-15(24(38)30-3)6-5-7-18(22)29;3-2(4,5)1(6)7/h5-10,12,20H,11,13H2,1-4H3,(H,30,38)(H,33,37)(H,34,39)(H2,31,32,35,36);(H,6,7). The number of carboxylic acid groups (broad SMARTS) is 1. The van der Waals surface area contributed by atoms with E-state index in [-0.39, 0.29) is 46.5 Å². The molecule has 2 aromatic carbocycles. The Hall–Kier alpha value is -5.03. The molecule has 3 aromatic rings. The van der Waals surface area contributed by atoms with Crippen LogP contribution in [-0.4, -0.2) is 71.7 Å². The maximum atomic E-state index is 14.6. The predicted octanol–water partition coefficient (Wildman–Crippen LogP) is 4.50. The first-order chi connectivity index (χ1) is 22.0. The molecule has 0 fully saturated rings. The van der Waals surface area contributed by atoms with Crippen LogP contribution in [0.2, 0.25) is 5.02 Å². The molecule has 0 saturated heterocycles. The number of anilines is 5. The van der Waals surface area contributed by atoms with Crippen molar-refractivity contribution in [1.29, 1.82) is 0 Å². The van der Waals surface area contributed by atoms with Crippen molar-refractivity contribution in [2.75, 3.05) is 36.7 Å². The number of carbonyl (C=O) groups excluding carboxylic acids is 3. The average molecular weight is 684 g/mol. The molecule has 3 amide bonds. The number of hydrogen-bond donors (Lipinski definition) is 6. The van der Waals surface area contributed by atoms with Gasteiger partial charge in [0.2, 0.25) is 17.8 Å². The van der Waals surface area contributed by atoms with Gasteiger partial charge in [-0.2, -0.15) is 18.2 Å². The van der Waals surface area contributed by atoms with E-state index in [1.807, 2.05) is 26.0 Å². The van der Waals surface area contributed by atoms with E-state index in [0.29, 0.717) is 17.8 Å². The van der Waals surface area contributed by atoms with Crippen LogP contribution < -0.4 is 26.6 Å². The summed E-state index contributed by atoms with van der Waals surface area (Å²) in [6.45, 7) is 3.84. The number of hydrogen-bond acceptors (Lipinski definition) is 9. The number of alkyl halides is 3. The first kappa shape index (κ1) is 36.4. The van der Waals surface area contributed by atoms with E-state index in [0.717, 1.165) is 5.56 Å². The third-order valence-electron chi connectivity index (χ3n) is 6.62.